The van der Waals surface area contributed by atoms with Crippen molar-refractivity contribution in [3.8, 4) is 23.0 Å². The third-order valence-corrected chi connectivity index (χ3v) is 10.4. The monoisotopic (exact) mass is 916 g/mol. The molecule has 2 atom stereocenters. The van der Waals surface area contributed by atoms with Crippen LogP contribution >= 0.6 is 12.2 Å². The molecule has 2 amide bonds. The molecule has 0 bridgehead atoms. The largest absolute Gasteiger partial charge is 1.00 e. The average Bonchev–Trinajstić information content (AvgIpc) is 3.53. The smallest absolute Gasteiger partial charge is 0.872 e. The van der Waals surface area contributed by atoms with Crippen LogP contribution in [-0.4, -0.2) is 73.0 Å². The first-order valence-corrected chi connectivity index (χ1v) is 19.6. The van der Waals surface area contributed by atoms with E-state index in [1.54, 1.807) is 42.5 Å². The number of carbonyl (C=O) groups is 4. The van der Waals surface area contributed by atoms with Gasteiger partial charge in [0, 0.05) is 59.2 Å². The standard InChI is InChI=1S/C42H36N10O10S.2Na/c43-40-51-35-34(37(57)52-40)48-23(19-47-35)18-46-21-3-1-20(2-4-21)36(56)50-30(38(58)59)11-12-33(55)44-13-14-45-41(63)49-22-5-8-27-26(15-22)39(60)62-42(27)28-9-6-24(53)16-31(28)61-32-17-25(54)7-10-29(32)42;;/h1-10,15-17,19,30,46,53-54H,11-14,18H2,(H,44,55)(H,50,56)(H,58,59)(H2,45,49,63)(H3,43,47,51,52,57);;/q;2*+1/p-2/t30-;;/m0../s1. The Morgan fingerprint density at radius 2 is 1.58 bits per heavy atom. The molecule has 0 saturated heterocycles. The predicted octanol–water partition coefficient (Wildman–Crippen LogP) is -5.01. The summed E-state index contributed by atoms with van der Waals surface area (Å²) < 4.78 is 12.0. The molecule has 65 heavy (non-hydrogen) atoms. The molecule has 0 radical (unpaired) electrons. The molecule has 1 unspecified atom stereocenters. The van der Waals surface area contributed by atoms with Gasteiger partial charge < -0.3 is 61.9 Å². The van der Waals surface area contributed by atoms with Gasteiger partial charge in [0.05, 0.1) is 36.0 Å². The average molecular weight is 917 g/mol. The molecular formula is C42H34N10Na2O10S. The summed E-state index contributed by atoms with van der Waals surface area (Å²) in [6, 6.07) is 18.3. The van der Waals surface area contributed by atoms with Crippen molar-refractivity contribution in [1.82, 2.24) is 35.9 Å². The van der Waals surface area contributed by atoms with E-state index in [4.69, 9.17) is 27.4 Å². The van der Waals surface area contributed by atoms with Crippen LogP contribution in [0.25, 0.3) is 11.2 Å². The number of phenols is 1. The molecule has 2 aliphatic rings. The number of nitrogens with zero attached hydrogens (tertiary/aromatic N) is 3. The minimum Gasteiger partial charge on any atom is -0.872 e. The number of hydrogen-bond donors (Lipinski definition) is 8. The van der Waals surface area contributed by atoms with Crippen LogP contribution in [-0.2, 0) is 26.5 Å². The van der Waals surface area contributed by atoms with E-state index < -0.39 is 41.0 Å². The Morgan fingerprint density at radius 3 is 2.34 bits per heavy atom. The predicted molar refractivity (Wildman–Crippen MR) is 225 cm³/mol. The molecule has 9 N–H and O–H groups in total. The number of nitrogens with one attached hydrogen (secondary N) is 6. The number of ether oxygens (including phenoxy) is 2. The van der Waals surface area contributed by atoms with Gasteiger partial charge in [0.25, 0.3) is 11.5 Å². The number of fused-ring (bicyclic) bond motifs is 7. The number of carboxylic acid groups (broad SMARTS) is 1. The maximum absolute atomic E-state index is 13.4. The van der Waals surface area contributed by atoms with Crippen LogP contribution in [0.5, 0.6) is 23.0 Å². The van der Waals surface area contributed by atoms with E-state index in [0.29, 0.717) is 33.8 Å². The third kappa shape index (κ3) is 10.3. The number of esters is 1. The van der Waals surface area contributed by atoms with Gasteiger partial charge in [-0.3, -0.25) is 19.4 Å². The molecule has 23 heteroatoms. The molecule has 0 saturated carbocycles. The van der Waals surface area contributed by atoms with Gasteiger partial charge in [-0.05, 0) is 73.2 Å². The van der Waals surface area contributed by atoms with Gasteiger partial charge in [0.15, 0.2) is 21.9 Å². The number of amides is 2. The second-order valence-electron chi connectivity index (χ2n) is 14.3. The zero-order chi connectivity index (χ0) is 44.4. The summed E-state index contributed by atoms with van der Waals surface area (Å²) in [4.78, 5) is 77.5. The fourth-order valence-electron chi connectivity index (χ4n) is 7.17. The first-order chi connectivity index (χ1) is 30.3. The molecule has 4 heterocycles. The fourth-order valence-corrected chi connectivity index (χ4v) is 7.39. The second kappa shape index (κ2) is 20.2. The van der Waals surface area contributed by atoms with Crippen molar-refractivity contribution in [3.63, 3.8) is 0 Å². The molecule has 0 fully saturated rings. The normalized spacial score (nSPS) is 14.4. The van der Waals surface area contributed by atoms with Crippen LogP contribution in [0.15, 0.2) is 89.9 Å². The summed E-state index contributed by atoms with van der Waals surface area (Å²) in [6.45, 7) is 0.486. The number of aromatic hydroxyl groups is 1. The second-order valence-corrected chi connectivity index (χ2v) is 14.7. The zero-order valence-electron chi connectivity index (χ0n) is 34.6. The van der Waals surface area contributed by atoms with Crippen molar-refractivity contribution in [2.24, 2.45) is 0 Å². The van der Waals surface area contributed by atoms with Crippen LogP contribution in [0, 0.1) is 0 Å². The number of nitrogens with two attached hydrogens (primary N) is 1. The van der Waals surface area contributed by atoms with Gasteiger partial charge in [-0.25, -0.2) is 14.8 Å². The first kappa shape index (κ1) is 48.1. The van der Waals surface area contributed by atoms with E-state index in [0.717, 1.165) is 0 Å². The van der Waals surface area contributed by atoms with Crippen LogP contribution in [0.4, 0.5) is 17.3 Å². The van der Waals surface area contributed by atoms with Crippen LogP contribution < -0.4 is 112 Å². The molecule has 6 aromatic rings. The van der Waals surface area contributed by atoms with Gasteiger partial charge in [-0.15, -0.1) is 5.75 Å². The van der Waals surface area contributed by atoms with Crippen LogP contribution in [0.2, 0.25) is 0 Å². The van der Waals surface area contributed by atoms with E-state index in [-0.39, 0.29) is 148 Å². The van der Waals surface area contributed by atoms with Gasteiger partial charge >= 0.3 is 65.1 Å². The molecule has 4 aromatic carbocycles. The number of phenolic OH excluding ortho intramolecular Hbond substituents is 1. The quantitative estimate of drug-likeness (QED) is 0.0233. The Labute approximate surface area is 417 Å². The molecule has 2 aliphatic heterocycles. The summed E-state index contributed by atoms with van der Waals surface area (Å²) in [5.41, 5.74) is 7.01. The van der Waals surface area contributed by atoms with Gasteiger partial charge in [0.2, 0.25) is 11.9 Å². The SMILES string of the molecule is Nc1nc2ncc(CNc3ccc(C(=O)N[C@@H](CCC(=O)NCCNC(=S)Nc4ccc5c(c4)C(=O)OC54c5ccc([O-])cc5Oc5cc(O)ccc54)C(=O)[O-])cc3)nc2c(=O)[nH]1.[Na+].[Na+]. The van der Waals surface area contributed by atoms with E-state index in [1.807, 2.05) is 0 Å². The van der Waals surface area contributed by atoms with Gasteiger partial charge in [-0.1, -0.05) is 18.2 Å². The van der Waals surface area contributed by atoms with Crippen LogP contribution in [0.3, 0.4) is 0 Å². The van der Waals surface area contributed by atoms with E-state index >= 15 is 0 Å². The Bertz CT molecular complexity index is 2870. The number of H-pyrrole nitrogens is 1. The number of anilines is 3. The van der Waals surface area contributed by atoms with Crippen molar-refractivity contribution in [3.05, 3.63) is 129 Å². The first-order valence-electron chi connectivity index (χ1n) is 19.2. The van der Waals surface area contributed by atoms with E-state index in [1.165, 1.54) is 42.6 Å². The molecular weight excluding hydrogens is 883 g/mol. The summed E-state index contributed by atoms with van der Waals surface area (Å²) in [7, 11) is 0. The topological polar surface area (TPSA) is 311 Å². The van der Waals surface area contributed by atoms with Crippen molar-refractivity contribution < 1.29 is 103 Å². The van der Waals surface area contributed by atoms with Crippen molar-refractivity contribution >= 4 is 69.6 Å². The Balaban J connectivity index is 0.00000350. The third-order valence-electron chi connectivity index (χ3n) is 10.1. The Kier molecular flexibility index (Phi) is 15.0. The number of aromatic nitrogens is 4. The van der Waals surface area contributed by atoms with Crippen LogP contribution in [0.1, 0.15) is 55.9 Å². The number of aliphatic carboxylic acids is 1. The van der Waals surface area contributed by atoms with Gasteiger partial charge in [0.1, 0.15) is 17.2 Å². The van der Waals surface area contributed by atoms with Gasteiger partial charge in [-0.2, -0.15) is 4.98 Å². The number of carboxylic acids is 1. The number of benzene rings is 4. The minimum absolute atomic E-state index is 0. The summed E-state index contributed by atoms with van der Waals surface area (Å²) in [5.74, 6) is -3.39. The summed E-state index contributed by atoms with van der Waals surface area (Å²) in [5, 5.41) is 48.4. The number of thiocarbonyl (C=S) groups is 1. The number of carbonyl (C=O) groups excluding carboxylic acids is 4. The molecule has 1 spiro atoms. The Hall–Kier alpha value is -6.33. The van der Waals surface area contributed by atoms with E-state index in [2.05, 4.69) is 46.5 Å². The van der Waals surface area contributed by atoms with Crippen molar-refractivity contribution in [2.45, 2.75) is 31.0 Å². The summed E-state index contributed by atoms with van der Waals surface area (Å²) in [6.07, 6.45) is 0.973. The maximum atomic E-state index is 13.4. The molecule has 20 nitrogen and oxygen atoms in total. The maximum Gasteiger partial charge on any atom is 1.00 e. The van der Waals surface area contributed by atoms with Crippen molar-refractivity contribution in [1.29, 1.82) is 0 Å². The molecule has 8 rings (SSSR count). The van der Waals surface area contributed by atoms with E-state index in [9.17, 15) is 39.3 Å². The minimum atomic E-state index is -1.56. The number of aromatic amines is 1. The number of nitrogen functional groups attached to an aromatic ring is 1. The number of rotatable bonds is 13. The Morgan fingerprint density at radius 1 is 0.892 bits per heavy atom. The molecule has 0 aliphatic carbocycles. The summed E-state index contributed by atoms with van der Waals surface area (Å²) >= 11 is 5.42. The molecule has 2 aromatic heterocycles. The molecule has 320 valence electrons. The fraction of sp³-hybridized carbons (Fsp3) is 0.167. The van der Waals surface area contributed by atoms with Crippen molar-refractivity contribution in [2.75, 3.05) is 29.5 Å². The zero-order valence-corrected chi connectivity index (χ0v) is 39.5. The number of hydrogen-bond acceptors (Lipinski definition) is 16.